The Labute approximate surface area is 174 Å². The smallest absolute Gasteiger partial charge is 0.203 e. The number of nitrogens with two attached hydrogens (primary N) is 1. The van der Waals surface area contributed by atoms with Crippen molar-refractivity contribution in [1.29, 1.82) is 0 Å². The molecule has 0 heterocycles. The van der Waals surface area contributed by atoms with Gasteiger partial charge in [-0.25, -0.2) is 0 Å². The minimum Gasteiger partial charge on any atom is -1.00 e. The highest BCUT2D eigenvalue weighted by Gasteiger charge is 2.42. The summed E-state index contributed by atoms with van der Waals surface area (Å²) in [5, 5.41) is 0. The monoisotopic (exact) mass is 434 g/mol. The molecule has 0 aromatic carbocycles. The van der Waals surface area contributed by atoms with E-state index in [2.05, 4.69) is 45.6 Å². The standard InChI is InChI=1S/C22H46N2O.BrH/c1-5-6-7-8-9-10-11-12-13-14-15-16-20-25-22(24,18-17-19-23)21(2,3)4;/h8-9H,5-7,10-20,23-24H2,1-4H3;1H. The van der Waals surface area contributed by atoms with Gasteiger partial charge in [-0.05, 0) is 38.6 Å². The van der Waals surface area contributed by atoms with Gasteiger partial charge in [-0.3, -0.25) is 0 Å². The fraction of sp³-hybridized carbons (Fsp3) is 0.909. The summed E-state index contributed by atoms with van der Waals surface area (Å²) in [5.41, 5.74) is 9.79. The summed E-state index contributed by atoms with van der Waals surface area (Å²) in [6, 6.07) is 0. The van der Waals surface area contributed by atoms with Crippen molar-refractivity contribution in [2.75, 3.05) is 13.2 Å². The van der Waals surface area contributed by atoms with Crippen LogP contribution in [0.25, 0.3) is 0 Å². The highest BCUT2D eigenvalue weighted by molar-refractivity contribution is 4.81. The Bertz CT molecular complexity index is 329. The zero-order valence-corrected chi connectivity index (χ0v) is 19.7. The maximum absolute atomic E-state index is 6.21. The van der Waals surface area contributed by atoms with E-state index in [0.29, 0.717) is 6.54 Å². The molecule has 0 bridgehead atoms. The Balaban J connectivity index is 0. The van der Waals surface area contributed by atoms with Crippen molar-refractivity contribution < 1.29 is 27.5 Å². The average molecular weight is 436 g/mol. The first-order chi connectivity index (χ1) is 11.9. The van der Waals surface area contributed by atoms with Crippen molar-refractivity contribution in [3.63, 3.8) is 0 Å². The number of hydrogen-bond acceptors (Lipinski definition) is 2. The highest BCUT2D eigenvalue weighted by Crippen LogP contribution is 2.31. The summed E-state index contributed by atoms with van der Waals surface area (Å²) in [5.74, 6) is 0. The number of ether oxygens (including phenoxy) is 1. The van der Waals surface area contributed by atoms with Gasteiger partial charge in [-0.2, -0.15) is 0 Å². The van der Waals surface area contributed by atoms with Crippen LogP contribution in [0.15, 0.2) is 12.2 Å². The first-order valence-corrected chi connectivity index (χ1v) is 10.7. The van der Waals surface area contributed by atoms with E-state index in [-0.39, 0.29) is 28.1 Å². The van der Waals surface area contributed by atoms with Gasteiger partial charge in [0.15, 0.2) is 0 Å². The van der Waals surface area contributed by atoms with E-state index in [4.69, 9.17) is 10.5 Å². The second kappa shape index (κ2) is 17.2. The number of quaternary nitrogens is 1. The predicted molar refractivity (Wildman–Crippen MR) is 110 cm³/mol. The summed E-state index contributed by atoms with van der Waals surface area (Å²) < 4.78 is 6.21. The van der Waals surface area contributed by atoms with Crippen LogP contribution >= 0.6 is 0 Å². The minimum absolute atomic E-state index is 0. The fourth-order valence-electron chi connectivity index (χ4n) is 2.95. The summed E-state index contributed by atoms with van der Waals surface area (Å²) in [6.07, 6.45) is 19.6. The number of hydrogen-bond donors (Lipinski definition) is 2. The van der Waals surface area contributed by atoms with Gasteiger partial charge in [-0.1, -0.05) is 78.4 Å². The van der Waals surface area contributed by atoms with Crippen LogP contribution in [0.1, 0.15) is 105 Å². The number of unbranched alkanes of at least 4 members (excludes halogenated alkanes) is 8. The third kappa shape index (κ3) is 14.2. The average Bonchev–Trinajstić information content (AvgIpc) is 2.56. The summed E-state index contributed by atoms with van der Waals surface area (Å²) >= 11 is 0. The molecule has 5 N–H and O–H groups in total. The Morgan fingerprint density at radius 1 is 0.846 bits per heavy atom. The van der Waals surface area contributed by atoms with Gasteiger partial charge in [0.2, 0.25) is 5.72 Å². The minimum atomic E-state index is -0.309. The number of rotatable bonds is 16. The summed E-state index contributed by atoms with van der Waals surface area (Å²) in [6.45, 7) is 10.4. The van der Waals surface area contributed by atoms with E-state index < -0.39 is 0 Å². The van der Waals surface area contributed by atoms with Crippen molar-refractivity contribution in [3.8, 4) is 0 Å². The van der Waals surface area contributed by atoms with E-state index in [1.165, 1.54) is 57.8 Å². The number of allylic oxidation sites excluding steroid dienone is 2. The molecular weight excluding hydrogens is 388 g/mol. The van der Waals surface area contributed by atoms with Crippen LogP contribution in [0.2, 0.25) is 0 Å². The van der Waals surface area contributed by atoms with Crippen LogP contribution in [-0.4, -0.2) is 18.9 Å². The lowest BCUT2D eigenvalue weighted by atomic mass is 9.80. The van der Waals surface area contributed by atoms with Gasteiger partial charge in [0.25, 0.3) is 0 Å². The molecule has 26 heavy (non-hydrogen) atoms. The maximum Gasteiger partial charge on any atom is 0.203 e. The van der Waals surface area contributed by atoms with Crippen LogP contribution in [-0.2, 0) is 4.74 Å². The molecule has 0 saturated heterocycles. The summed E-state index contributed by atoms with van der Waals surface area (Å²) in [7, 11) is 0. The molecule has 4 heteroatoms. The van der Waals surface area contributed by atoms with Gasteiger partial charge >= 0.3 is 0 Å². The molecule has 0 aliphatic carbocycles. The molecule has 0 fully saturated rings. The van der Waals surface area contributed by atoms with Crippen LogP contribution in [0.5, 0.6) is 0 Å². The zero-order chi connectivity index (χ0) is 19.0. The Morgan fingerprint density at radius 2 is 1.38 bits per heavy atom. The first kappa shape index (κ1) is 28.3. The molecule has 3 nitrogen and oxygen atoms in total. The van der Waals surface area contributed by atoms with Crippen LogP contribution < -0.4 is 28.4 Å². The molecule has 0 radical (unpaired) electrons. The first-order valence-electron chi connectivity index (χ1n) is 10.7. The molecule has 0 rings (SSSR count). The molecule has 158 valence electrons. The van der Waals surface area contributed by atoms with E-state index in [9.17, 15) is 0 Å². The van der Waals surface area contributed by atoms with Crippen LogP contribution in [0.3, 0.4) is 0 Å². The Hall–Kier alpha value is 0.100. The predicted octanol–water partition coefficient (Wildman–Crippen LogP) is 2.21. The van der Waals surface area contributed by atoms with Gasteiger partial charge in [0.05, 0.1) is 6.61 Å². The van der Waals surface area contributed by atoms with Crippen molar-refractivity contribution in [2.24, 2.45) is 11.1 Å². The lowest BCUT2D eigenvalue weighted by Gasteiger charge is -2.37. The Morgan fingerprint density at radius 3 is 1.92 bits per heavy atom. The van der Waals surface area contributed by atoms with Gasteiger partial charge < -0.3 is 33.2 Å². The zero-order valence-electron chi connectivity index (χ0n) is 18.1. The lowest BCUT2D eigenvalue weighted by Crippen LogP contribution is -3.00. The molecule has 0 aliphatic rings. The third-order valence-electron chi connectivity index (χ3n) is 5.19. The molecule has 1 unspecified atom stereocenters. The van der Waals surface area contributed by atoms with Crippen molar-refractivity contribution in [2.45, 2.75) is 110 Å². The maximum atomic E-state index is 6.21. The van der Waals surface area contributed by atoms with E-state index >= 15 is 0 Å². The van der Waals surface area contributed by atoms with Gasteiger partial charge in [0.1, 0.15) is 0 Å². The second-order valence-corrected chi connectivity index (χ2v) is 8.51. The molecular formula is C22H47BrN2O. The van der Waals surface area contributed by atoms with Gasteiger partial charge in [0, 0.05) is 11.8 Å². The molecule has 0 aromatic rings. The largest absolute Gasteiger partial charge is 1.00 e. The van der Waals surface area contributed by atoms with E-state index in [1.54, 1.807) is 0 Å². The molecule has 0 aromatic heterocycles. The lowest BCUT2D eigenvalue weighted by molar-refractivity contribution is -0.584. The van der Waals surface area contributed by atoms with Crippen molar-refractivity contribution in [1.82, 2.24) is 0 Å². The quantitative estimate of drug-likeness (QED) is 0.222. The van der Waals surface area contributed by atoms with E-state index in [0.717, 1.165) is 25.9 Å². The number of halogens is 1. The van der Waals surface area contributed by atoms with Crippen LogP contribution in [0.4, 0.5) is 0 Å². The second-order valence-electron chi connectivity index (χ2n) is 8.51. The topological polar surface area (TPSA) is 62.9 Å². The SMILES string of the molecule is CCCCC=CCCCCCCCCOC([NH3+])(CCCN)C(C)(C)C.[Br-]. The normalized spacial score (nSPS) is 14.4. The summed E-state index contributed by atoms with van der Waals surface area (Å²) in [4.78, 5) is 0. The van der Waals surface area contributed by atoms with Gasteiger partial charge in [-0.15, -0.1) is 0 Å². The molecule has 0 amide bonds. The van der Waals surface area contributed by atoms with Crippen molar-refractivity contribution in [3.05, 3.63) is 12.2 Å². The van der Waals surface area contributed by atoms with Crippen LogP contribution in [0, 0.1) is 5.41 Å². The highest BCUT2D eigenvalue weighted by atomic mass is 79.9. The molecule has 0 spiro atoms. The molecule has 0 aliphatic heterocycles. The molecule has 0 saturated carbocycles. The van der Waals surface area contributed by atoms with E-state index in [1.807, 2.05) is 0 Å². The Kier molecular flexibility index (Phi) is 18.7. The third-order valence-corrected chi connectivity index (χ3v) is 5.19. The van der Waals surface area contributed by atoms with Crippen molar-refractivity contribution >= 4 is 0 Å². The molecule has 1 atom stereocenters. The fourth-order valence-corrected chi connectivity index (χ4v) is 2.95.